The van der Waals surface area contributed by atoms with E-state index >= 15 is 0 Å². The molecule has 1 N–H and O–H groups in total. The summed E-state index contributed by atoms with van der Waals surface area (Å²) in [6, 6.07) is 13.5. The van der Waals surface area contributed by atoms with Gasteiger partial charge in [0.25, 0.3) is 0 Å². The van der Waals surface area contributed by atoms with Crippen molar-refractivity contribution in [2.24, 2.45) is 5.92 Å². The van der Waals surface area contributed by atoms with Gasteiger partial charge in [-0.05, 0) is 19.9 Å². The molecule has 0 spiro atoms. The van der Waals surface area contributed by atoms with E-state index in [4.69, 9.17) is 10.7 Å². The van der Waals surface area contributed by atoms with Crippen molar-refractivity contribution in [2.75, 3.05) is 5.75 Å². The molecule has 5 nitrogen and oxygen atoms in total. The number of aryl methyl sites for hydroxylation is 1. The molecule has 0 amide bonds. The maximum absolute atomic E-state index is 12.0. The molecule has 116 valence electrons. The zero-order chi connectivity index (χ0) is 16.8. The second-order valence-corrected chi connectivity index (χ2v) is 5.99. The first-order chi connectivity index (χ1) is 11.0. The zero-order valence-corrected chi connectivity index (χ0v) is 13.7. The summed E-state index contributed by atoms with van der Waals surface area (Å²) in [4.78, 5) is 20.8. The van der Waals surface area contributed by atoms with Crippen molar-refractivity contribution in [1.29, 1.82) is 10.7 Å². The van der Waals surface area contributed by atoms with Crippen LogP contribution in [-0.4, -0.2) is 27.2 Å². The van der Waals surface area contributed by atoms with Crippen LogP contribution in [0.15, 0.2) is 41.6 Å². The molecule has 2 aromatic rings. The summed E-state index contributed by atoms with van der Waals surface area (Å²) in [5.74, 6) is -1.20. The molecule has 0 aliphatic heterocycles. The fourth-order valence-corrected chi connectivity index (χ4v) is 2.80. The number of hydrogen-bond donors (Lipinski definition) is 1. The summed E-state index contributed by atoms with van der Waals surface area (Å²) in [7, 11) is 0. The second-order valence-electron chi connectivity index (χ2n) is 5.04. The van der Waals surface area contributed by atoms with Crippen molar-refractivity contribution in [2.45, 2.75) is 19.0 Å². The molecule has 0 radical (unpaired) electrons. The van der Waals surface area contributed by atoms with Crippen LogP contribution in [0.2, 0.25) is 0 Å². The molecule has 0 aliphatic rings. The molecular formula is C17H16N4OS. The molecule has 1 atom stereocenters. The van der Waals surface area contributed by atoms with Crippen LogP contribution in [0, 0.1) is 29.6 Å². The molecule has 1 aromatic heterocycles. The van der Waals surface area contributed by atoms with Crippen LogP contribution >= 0.6 is 11.8 Å². The van der Waals surface area contributed by atoms with E-state index in [0.29, 0.717) is 5.16 Å². The standard InChI is InChI=1S/C17H16N4OS/c1-11-8-15(13-6-4-3-5-7-13)21-17(20-11)23-10-16(22)14(9-18)12(2)19/h3-8,14,19H,10H2,1-2H3/t14-/m1/s1. The van der Waals surface area contributed by atoms with Crippen LogP contribution in [0.3, 0.4) is 0 Å². The van der Waals surface area contributed by atoms with Gasteiger partial charge in [-0.15, -0.1) is 0 Å². The Bertz CT molecular complexity index is 768. The SMILES string of the molecule is CC(=N)[C@@H](C#N)C(=O)CSc1nc(C)cc(-c2ccccc2)n1. The van der Waals surface area contributed by atoms with E-state index in [1.165, 1.54) is 18.7 Å². The van der Waals surface area contributed by atoms with Crippen molar-refractivity contribution in [3.63, 3.8) is 0 Å². The molecule has 1 heterocycles. The molecule has 2 rings (SSSR count). The van der Waals surface area contributed by atoms with Crippen LogP contribution < -0.4 is 0 Å². The lowest BCUT2D eigenvalue weighted by Gasteiger charge is -2.07. The number of nitrogens with one attached hydrogen (secondary N) is 1. The predicted octanol–water partition coefficient (Wildman–Crippen LogP) is 3.29. The molecule has 6 heteroatoms. The molecule has 0 unspecified atom stereocenters. The molecule has 0 aliphatic carbocycles. The Hall–Kier alpha value is -2.52. The second kappa shape index (κ2) is 7.65. The van der Waals surface area contributed by atoms with Gasteiger partial charge >= 0.3 is 0 Å². The number of benzene rings is 1. The maximum atomic E-state index is 12.0. The highest BCUT2D eigenvalue weighted by Gasteiger charge is 2.20. The minimum Gasteiger partial charge on any atom is -0.308 e. The molecule has 23 heavy (non-hydrogen) atoms. The Morgan fingerprint density at radius 3 is 2.65 bits per heavy atom. The number of hydrogen-bond acceptors (Lipinski definition) is 6. The first-order valence-electron chi connectivity index (χ1n) is 7.02. The van der Waals surface area contributed by atoms with Crippen LogP contribution in [0.25, 0.3) is 11.3 Å². The molecule has 0 saturated carbocycles. The van der Waals surface area contributed by atoms with Gasteiger partial charge in [-0.1, -0.05) is 42.1 Å². The first-order valence-corrected chi connectivity index (χ1v) is 8.01. The van der Waals surface area contributed by atoms with E-state index in [9.17, 15) is 4.79 Å². The highest BCUT2D eigenvalue weighted by atomic mass is 32.2. The van der Waals surface area contributed by atoms with Gasteiger partial charge in [0.2, 0.25) is 0 Å². The van der Waals surface area contributed by atoms with Crippen molar-refractivity contribution in [3.8, 4) is 17.3 Å². The number of nitrogens with zero attached hydrogens (tertiary/aromatic N) is 3. The van der Waals surface area contributed by atoms with E-state index < -0.39 is 5.92 Å². The molecule has 1 aromatic carbocycles. The average molecular weight is 324 g/mol. The third-order valence-corrected chi connectivity index (χ3v) is 4.00. The van der Waals surface area contributed by atoms with Gasteiger partial charge in [0.05, 0.1) is 17.5 Å². The molecule has 0 bridgehead atoms. The maximum Gasteiger partial charge on any atom is 0.188 e. The van der Waals surface area contributed by atoms with Gasteiger partial charge in [0.1, 0.15) is 5.92 Å². The summed E-state index contributed by atoms with van der Waals surface area (Å²) in [5, 5.41) is 16.9. The van der Waals surface area contributed by atoms with Crippen molar-refractivity contribution in [3.05, 3.63) is 42.1 Å². The summed E-state index contributed by atoms with van der Waals surface area (Å²) in [5.41, 5.74) is 2.66. The minimum absolute atomic E-state index is 0.0632. The van der Waals surface area contributed by atoms with Gasteiger partial charge in [-0.2, -0.15) is 5.26 Å². The van der Waals surface area contributed by atoms with Crippen LogP contribution in [0.5, 0.6) is 0 Å². The van der Waals surface area contributed by atoms with Crippen LogP contribution in [0.1, 0.15) is 12.6 Å². The van der Waals surface area contributed by atoms with E-state index in [1.54, 1.807) is 0 Å². The zero-order valence-electron chi connectivity index (χ0n) is 12.9. The largest absolute Gasteiger partial charge is 0.308 e. The summed E-state index contributed by atoms with van der Waals surface area (Å²) in [6.45, 7) is 3.34. The molecular weight excluding hydrogens is 308 g/mol. The number of rotatable bonds is 6. The number of nitriles is 1. The lowest BCUT2D eigenvalue weighted by molar-refractivity contribution is -0.117. The smallest absolute Gasteiger partial charge is 0.188 e. The summed E-state index contributed by atoms with van der Waals surface area (Å²) in [6.07, 6.45) is 0. The Kier molecular flexibility index (Phi) is 5.61. The fourth-order valence-electron chi connectivity index (χ4n) is 1.99. The van der Waals surface area contributed by atoms with Crippen molar-refractivity contribution >= 4 is 23.3 Å². The Labute approximate surface area is 139 Å². The monoisotopic (exact) mass is 324 g/mol. The average Bonchev–Trinajstić information content (AvgIpc) is 2.53. The van der Waals surface area contributed by atoms with E-state index in [-0.39, 0.29) is 17.2 Å². The van der Waals surface area contributed by atoms with Gasteiger partial charge < -0.3 is 5.41 Å². The van der Waals surface area contributed by atoms with Crippen LogP contribution in [0.4, 0.5) is 0 Å². The number of thioether (sulfide) groups is 1. The van der Waals surface area contributed by atoms with Gasteiger partial charge in [0, 0.05) is 17.0 Å². The lowest BCUT2D eigenvalue weighted by Crippen LogP contribution is -2.21. The summed E-state index contributed by atoms with van der Waals surface area (Å²) < 4.78 is 0. The Balaban J connectivity index is 2.16. The fraction of sp³-hybridized carbons (Fsp3) is 0.235. The molecule has 0 saturated heterocycles. The lowest BCUT2D eigenvalue weighted by atomic mass is 10.0. The number of carbonyl (C=O) groups excluding carboxylic acids is 1. The summed E-state index contributed by atoms with van der Waals surface area (Å²) >= 11 is 1.19. The number of aromatic nitrogens is 2. The van der Waals surface area contributed by atoms with E-state index in [2.05, 4.69) is 9.97 Å². The van der Waals surface area contributed by atoms with Gasteiger partial charge in [-0.25, -0.2) is 9.97 Å². The minimum atomic E-state index is -0.985. The van der Waals surface area contributed by atoms with Crippen molar-refractivity contribution in [1.82, 2.24) is 9.97 Å². The number of Topliss-reactive ketones (excluding diaryl/α,β-unsaturated/α-hetero) is 1. The highest BCUT2D eigenvalue weighted by molar-refractivity contribution is 7.99. The Morgan fingerprint density at radius 2 is 2.04 bits per heavy atom. The van der Waals surface area contributed by atoms with Gasteiger partial charge in [-0.3, -0.25) is 4.79 Å². The first kappa shape index (κ1) is 16.8. The van der Waals surface area contributed by atoms with Crippen molar-refractivity contribution < 1.29 is 4.79 Å². The number of ketones is 1. The third-order valence-electron chi connectivity index (χ3n) is 3.13. The van der Waals surface area contributed by atoms with Gasteiger partial charge in [0.15, 0.2) is 10.9 Å². The van der Waals surface area contributed by atoms with E-state index in [1.807, 2.05) is 49.4 Å². The third kappa shape index (κ3) is 4.47. The van der Waals surface area contributed by atoms with Crippen LogP contribution in [-0.2, 0) is 4.79 Å². The molecule has 0 fully saturated rings. The number of carbonyl (C=O) groups is 1. The highest BCUT2D eigenvalue weighted by Crippen LogP contribution is 2.22. The quantitative estimate of drug-likeness (QED) is 0.500. The van der Waals surface area contributed by atoms with E-state index in [0.717, 1.165) is 17.0 Å². The Morgan fingerprint density at radius 1 is 1.35 bits per heavy atom. The normalized spacial score (nSPS) is 11.5. The topological polar surface area (TPSA) is 90.5 Å². The predicted molar refractivity (Wildman–Crippen MR) is 90.4 cm³/mol.